The van der Waals surface area contributed by atoms with E-state index >= 15 is 0 Å². The third-order valence-corrected chi connectivity index (χ3v) is 4.02. The van der Waals surface area contributed by atoms with Gasteiger partial charge in [0.1, 0.15) is 11.6 Å². The van der Waals surface area contributed by atoms with Gasteiger partial charge in [0.15, 0.2) is 0 Å². The third-order valence-electron chi connectivity index (χ3n) is 4.02. The topological polar surface area (TPSA) is 66.8 Å². The predicted molar refractivity (Wildman–Crippen MR) is 99.5 cm³/mol. The van der Waals surface area contributed by atoms with Gasteiger partial charge in [-0.05, 0) is 42.7 Å². The standard InChI is InChI=1S/C21H24FNO4/c1-23(27-21(26)17-6-3-2-4-7-17)15-20(25)9-5-8-19(24)14-16-10-12-18(22)13-11-16/h2-4,6-7,10-13,20,25H,5,8-9,14-15H2,1H3. The molecule has 2 rings (SSSR count). The molecule has 0 amide bonds. The highest BCUT2D eigenvalue weighted by molar-refractivity contribution is 5.89. The maximum Gasteiger partial charge on any atom is 0.357 e. The molecule has 0 bridgehead atoms. The molecule has 1 N–H and O–H groups in total. The number of aliphatic hydroxyl groups is 1. The zero-order valence-corrected chi connectivity index (χ0v) is 15.3. The van der Waals surface area contributed by atoms with Crippen LogP contribution in [0.3, 0.4) is 0 Å². The minimum absolute atomic E-state index is 0.0395. The molecule has 0 spiro atoms. The number of carbonyl (C=O) groups is 2. The van der Waals surface area contributed by atoms with Crippen molar-refractivity contribution >= 4 is 11.8 Å². The molecule has 27 heavy (non-hydrogen) atoms. The molecule has 0 radical (unpaired) electrons. The van der Waals surface area contributed by atoms with Crippen LogP contribution >= 0.6 is 0 Å². The molecule has 0 aliphatic rings. The van der Waals surface area contributed by atoms with Gasteiger partial charge in [0.25, 0.3) is 0 Å². The molecule has 0 fully saturated rings. The van der Waals surface area contributed by atoms with Gasteiger partial charge >= 0.3 is 5.97 Å². The number of hydrogen-bond donors (Lipinski definition) is 1. The number of hydroxylamine groups is 2. The van der Waals surface area contributed by atoms with Crippen LogP contribution in [0.2, 0.25) is 0 Å². The lowest BCUT2D eigenvalue weighted by atomic mass is 10.0. The van der Waals surface area contributed by atoms with E-state index in [1.165, 1.54) is 17.2 Å². The second kappa shape index (κ2) is 10.5. The molecular weight excluding hydrogens is 349 g/mol. The van der Waals surface area contributed by atoms with Crippen molar-refractivity contribution in [1.82, 2.24) is 5.06 Å². The molecule has 0 saturated carbocycles. The summed E-state index contributed by atoms with van der Waals surface area (Å²) in [5, 5.41) is 11.3. The van der Waals surface area contributed by atoms with Gasteiger partial charge in [-0.25, -0.2) is 9.18 Å². The first-order valence-electron chi connectivity index (χ1n) is 8.86. The normalized spacial score (nSPS) is 12.0. The van der Waals surface area contributed by atoms with Crippen molar-refractivity contribution in [3.05, 3.63) is 71.5 Å². The minimum Gasteiger partial charge on any atom is -0.392 e. The number of nitrogens with zero attached hydrogens (tertiary/aromatic N) is 1. The summed E-state index contributed by atoms with van der Waals surface area (Å²) in [4.78, 5) is 29.0. The first kappa shape index (κ1) is 20.7. The zero-order valence-electron chi connectivity index (χ0n) is 15.3. The second-order valence-corrected chi connectivity index (χ2v) is 6.44. The Labute approximate surface area is 158 Å². The lowest BCUT2D eigenvalue weighted by Gasteiger charge is -2.19. The molecule has 1 unspecified atom stereocenters. The van der Waals surface area contributed by atoms with Gasteiger partial charge in [-0.1, -0.05) is 30.3 Å². The molecule has 0 aliphatic carbocycles. The fraction of sp³-hybridized carbons (Fsp3) is 0.333. The highest BCUT2D eigenvalue weighted by Crippen LogP contribution is 2.09. The fourth-order valence-electron chi connectivity index (χ4n) is 2.65. The number of carbonyl (C=O) groups excluding carboxylic acids is 2. The summed E-state index contributed by atoms with van der Waals surface area (Å²) in [7, 11) is 1.57. The van der Waals surface area contributed by atoms with Crippen molar-refractivity contribution in [2.24, 2.45) is 0 Å². The van der Waals surface area contributed by atoms with Crippen LogP contribution in [-0.2, 0) is 16.1 Å². The first-order valence-corrected chi connectivity index (χ1v) is 8.86. The Morgan fingerprint density at radius 1 is 1.11 bits per heavy atom. The second-order valence-electron chi connectivity index (χ2n) is 6.44. The van der Waals surface area contributed by atoms with E-state index in [1.807, 2.05) is 6.07 Å². The lowest BCUT2D eigenvalue weighted by Crippen LogP contribution is -2.31. The third kappa shape index (κ3) is 7.68. The Morgan fingerprint density at radius 3 is 2.44 bits per heavy atom. The van der Waals surface area contributed by atoms with E-state index in [1.54, 1.807) is 43.4 Å². The van der Waals surface area contributed by atoms with Crippen LogP contribution in [0.25, 0.3) is 0 Å². The molecule has 0 saturated heterocycles. The molecule has 2 aromatic carbocycles. The number of Topliss-reactive ketones (excluding diaryl/α,β-unsaturated/α-hetero) is 1. The van der Waals surface area contributed by atoms with Crippen molar-refractivity contribution in [1.29, 1.82) is 0 Å². The lowest BCUT2D eigenvalue weighted by molar-refractivity contribution is -0.118. The summed E-state index contributed by atoms with van der Waals surface area (Å²) < 4.78 is 12.8. The van der Waals surface area contributed by atoms with E-state index in [9.17, 15) is 19.1 Å². The van der Waals surface area contributed by atoms with Crippen LogP contribution in [0.5, 0.6) is 0 Å². The Kier molecular flexibility index (Phi) is 8.10. The van der Waals surface area contributed by atoms with E-state index in [0.29, 0.717) is 24.8 Å². The fourth-order valence-corrected chi connectivity index (χ4v) is 2.65. The van der Waals surface area contributed by atoms with Crippen LogP contribution < -0.4 is 0 Å². The Balaban J connectivity index is 1.65. The molecule has 1 atom stereocenters. The number of benzene rings is 2. The van der Waals surface area contributed by atoms with Gasteiger partial charge < -0.3 is 9.94 Å². The Hall–Kier alpha value is -2.57. The summed E-state index contributed by atoms with van der Waals surface area (Å²) in [6.07, 6.45) is 0.828. The van der Waals surface area contributed by atoms with E-state index in [2.05, 4.69) is 0 Å². The SMILES string of the molecule is CN(CC(O)CCCC(=O)Cc1ccc(F)cc1)OC(=O)c1ccccc1. The smallest absolute Gasteiger partial charge is 0.357 e. The molecule has 5 nitrogen and oxygen atoms in total. The first-order chi connectivity index (χ1) is 12.9. The summed E-state index contributed by atoms with van der Waals surface area (Å²) in [5.74, 6) is -0.774. The average Bonchev–Trinajstić information content (AvgIpc) is 2.64. The van der Waals surface area contributed by atoms with E-state index < -0.39 is 12.1 Å². The van der Waals surface area contributed by atoms with Crippen LogP contribution in [-0.4, -0.2) is 41.6 Å². The number of aliphatic hydroxyl groups excluding tert-OH is 1. The van der Waals surface area contributed by atoms with Crippen LogP contribution in [0.1, 0.15) is 35.2 Å². The highest BCUT2D eigenvalue weighted by Gasteiger charge is 2.14. The van der Waals surface area contributed by atoms with E-state index in [0.717, 1.165) is 5.56 Å². The van der Waals surface area contributed by atoms with Crippen molar-refractivity contribution < 1.29 is 23.9 Å². The summed E-state index contributed by atoms with van der Waals surface area (Å²) in [5.41, 5.74) is 1.21. The summed E-state index contributed by atoms with van der Waals surface area (Å²) >= 11 is 0. The zero-order chi connectivity index (χ0) is 19.6. The van der Waals surface area contributed by atoms with Crippen molar-refractivity contribution in [2.45, 2.75) is 31.8 Å². The maximum atomic E-state index is 12.8. The van der Waals surface area contributed by atoms with Crippen LogP contribution in [0, 0.1) is 5.82 Å². The number of halogens is 1. The van der Waals surface area contributed by atoms with Gasteiger partial charge in [0.2, 0.25) is 0 Å². The molecule has 0 aromatic heterocycles. The summed E-state index contributed by atoms with van der Waals surface area (Å²) in [6.45, 7) is 0.157. The maximum absolute atomic E-state index is 12.8. The molecule has 2 aromatic rings. The van der Waals surface area contributed by atoms with Gasteiger partial charge in [-0.15, -0.1) is 5.06 Å². The number of hydrogen-bond acceptors (Lipinski definition) is 5. The van der Waals surface area contributed by atoms with E-state index in [4.69, 9.17) is 4.84 Å². The van der Waals surface area contributed by atoms with Crippen molar-refractivity contribution in [3.8, 4) is 0 Å². The van der Waals surface area contributed by atoms with Crippen LogP contribution in [0.4, 0.5) is 4.39 Å². The Morgan fingerprint density at radius 2 is 1.78 bits per heavy atom. The Bertz CT molecular complexity index is 734. The van der Waals surface area contributed by atoms with Crippen molar-refractivity contribution in [2.75, 3.05) is 13.6 Å². The van der Waals surface area contributed by atoms with Gasteiger partial charge in [0.05, 0.1) is 18.2 Å². The quantitative estimate of drug-likeness (QED) is 0.648. The van der Waals surface area contributed by atoms with Gasteiger partial charge in [-0.3, -0.25) is 4.79 Å². The minimum atomic E-state index is -0.711. The number of rotatable bonds is 10. The molecule has 0 heterocycles. The van der Waals surface area contributed by atoms with E-state index in [-0.39, 0.29) is 24.6 Å². The van der Waals surface area contributed by atoms with Gasteiger partial charge in [-0.2, -0.15) is 0 Å². The molecule has 6 heteroatoms. The molecule has 144 valence electrons. The highest BCUT2D eigenvalue weighted by atomic mass is 19.1. The summed E-state index contributed by atoms with van der Waals surface area (Å²) in [6, 6.07) is 14.5. The predicted octanol–water partition coefficient (Wildman–Crippen LogP) is 3.17. The number of likely N-dealkylation sites (N-methyl/N-ethyl adjacent to an activating group) is 1. The number of ketones is 1. The molecular formula is C21H24FNO4. The van der Waals surface area contributed by atoms with Crippen LogP contribution in [0.15, 0.2) is 54.6 Å². The monoisotopic (exact) mass is 373 g/mol. The van der Waals surface area contributed by atoms with Crippen molar-refractivity contribution in [3.63, 3.8) is 0 Å². The van der Waals surface area contributed by atoms with Gasteiger partial charge in [0, 0.05) is 19.9 Å². The average molecular weight is 373 g/mol. The molecule has 0 aliphatic heterocycles. The largest absolute Gasteiger partial charge is 0.392 e.